The molecule has 0 unspecified atom stereocenters. The molecule has 0 bridgehead atoms. The molecule has 2 rings (SSSR count). The van der Waals surface area contributed by atoms with Crippen LogP contribution >= 0.6 is 11.6 Å². The van der Waals surface area contributed by atoms with Crippen molar-refractivity contribution in [1.82, 2.24) is 5.32 Å². The lowest BCUT2D eigenvalue weighted by Gasteiger charge is -2.21. The number of amides is 1. The molecular weight excluding hydrogens is 372 g/mol. The number of ether oxygens (including phenoxy) is 1. The Kier molecular flexibility index (Phi) is 6.90. The molecule has 7 nitrogen and oxygen atoms in total. The minimum Gasteiger partial charge on any atom is -0.459 e. The summed E-state index contributed by atoms with van der Waals surface area (Å²) in [5.74, 6) is -1.40. The molecule has 27 heavy (non-hydrogen) atoms. The van der Waals surface area contributed by atoms with Crippen LogP contribution in [0, 0.1) is 16.0 Å². The van der Waals surface area contributed by atoms with Crippen LogP contribution < -0.4 is 5.32 Å². The number of non-ortho nitro benzene ring substituents is 1. The minimum atomic E-state index is -0.882. The molecule has 0 fully saturated rings. The first-order valence-corrected chi connectivity index (χ1v) is 8.62. The zero-order valence-electron chi connectivity index (χ0n) is 14.8. The quantitative estimate of drug-likeness (QED) is 0.441. The van der Waals surface area contributed by atoms with Crippen molar-refractivity contribution in [2.24, 2.45) is 5.92 Å². The van der Waals surface area contributed by atoms with Gasteiger partial charge < -0.3 is 10.1 Å². The van der Waals surface area contributed by atoms with E-state index in [1.807, 2.05) is 30.3 Å². The van der Waals surface area contributed by atoms with Crippen molar-refractivity contribution < 1.29 is 19.2 Å². The predicted molar refractivity (Wildman–Crippen MR) is 100 cm³/mol. The summed E-state index contributed by atoms with van der Waals surface area (Å²) in [4.78, 5) is 35.0. The molecule has 2 aromatic rings. The summed E-state index contributed by atoms with van der Waals surface area (Å²) < 4.78 is 5.29. The number of benzene rings is 2. The third-order valence-electron chi connectivity index (χ3n) is 3.84. The van der Waals surface area contributed by atoms with E-state index in [1.54, 1.807) is 13.8 Å². The number of hydrogen-bond donors (Lipinski definition) is 1. The van der Waals surface area contributed by atoms with Crippen LogP contribution in [0.25, 0.3) is 0 Å². The summed E-state index contributed by atoms with van der Waals surface area (Å²) in [6.45, 7) is 3.63. The molecule has 142 valence electrons. The fraction of sp³-hybridized carbons (Fsp3) is 0.263. The van der Waals surface area contributed by atoms with Gasteiger partial charge in [0.1, 0.15) is 12.6 Å². The lowest BCUT2D eigenvalue weighted by atomic mass is 10.0. The maximum Gasteiger partial charge on any atom is 0.329 e. The van der Waals surface area contributed by atoms with Gasteiger partial charge >= 0.3 is 5.97 Å². The van der Waals surface area contributed by atoms with Gasteiger partial charge in [-0.3, -0.25) is 14.9 Å². The number of hydrogen-bond acceptors (Lipinski definition) is 5. The van der Waals surface area contributed by atoms with Crippen LogP contribution in [0.5, 0.6) is 0 Å². The van der Waals surface area contributed by atoms with E-state index >= 15 is 0 Å². The largest absolute Gasteiger partial charge is 0.459 e. The molecule has 8 heteroatoms. The molecule has 0 radical (unpaired) electrons. The summed E-state index contributed by atoms with van der Waals surface area (Å²) in [7, 11) is 0. The summed E-state index contributed by atoms with van der Waals surface area (Å²) in [6, 6.07) is 11.8. The Labute approximate surface area is 161 Å². The molecule has 0 aliphatic carbocycles. The zero-order valence-corrected chi connectivity index (χ0v) is 15.6. The van der Waals surface area contributed by atoms with Crippen molar-refractivity contribution in [2.45, 2.75) is 26.5 Å². The van der Waals surface area contributed by atoms with E-state index in [2.05, 4.69) is 5.32 Å². The number of nitro groups is 1. The molecule has 0 saturated heterocycles. The molecule has 0 spiro atoms. The molecule has 0 aromatic heterocycles. The molecule has 0 aliphatic rings. The molecule has 0 saturated carbocycles. The van der Waals surface area contributed by atoms with Gasteiger partial charge in [0.25, 0.3) is 11.6 Å². The lowest BCUT2D eigenvalue weighted by molar-refractivity contribution is -0.384. The van der Waals surface area contributed by atoms with Crippen molar-refractivity contribution in [3.63, 3.8) is 0 Å². The van der Waals surface area contributed by atoms with E-state index in [9.17, 15) is 19.7 Å². The maximum absolute atomic E-state index is 12.5. The number of carbonyl (C=O) groups is 2. The summed E-state index contributed by atoms with van der Waals surface area (Å²) in [6.07, 6.45) is 0. The van der Waals surface area contributed by atoms with Gasteiger partial charge in [-0.05, 0) is 17.5 Å². The highest BCUT2D eigenvalue weighted by Gasteiger charge is 2.27. The third-order valence-corrected chi connectivity index (χ3v) is 4.15. The van der Waals surface area contributed by atoms with E-state index in [0.717, 1.165) is 11.6 Å². The molecule has 2 aromatic carbocycles. The topological polar surface area (TPSA) is 98.5 Å². The second-order valence-electron chi connectivity index (χ2n) is 6.21. The Morgan fingerprint density at radius 1 is 1.19 bits per heavy atom. The molecule has 0 heterocycles. The fourth-order valence-electron chi connectivity index (χ4n) is 2.34. The van der Waals surface area contributed by atoms with Crippen molar-refractivity contribution in [3.8, 4) is 0 Å². The van der Waals surface area contributed by atoms with Crippen LogP contribution in [0.1, 0.15) is 29.8 Å². The van der Waals surface area contributed by atoms with Crippen LogP contribution in [0.3, 0.4) is 0 Å². The predicted octanol–water partition coefficient (Wildman–Crippen LogP) is 3.75. The number of rotatable bonds is 7. The van der Waals surface area contributed by atoms with Gasteiger partial charge in [-0.2, -0.15) is 0 Å². The summed E-state index contributed by atoms with van der Waals surface area (Å²) in [5.41, 5.74) is 0.654. The average molecular weight is 391 g/mol. The lowest BCUT2D eigenvalue weighted by Crippen LogP contribution is -2.45. The second-order valence-corrected chi connectivity index (χ2v) is 6.62. The Balaban J connectivity index is 2.07. The van der Waals surface area contributed by atoms with E-state index < -0.39 is 22.8 Å². The smallest absolute Gasteiger partial charge is 0.329 e. The van der Waals surface area contributed by atoms with Crippen LogP contribution in [-0.2, 0) is 16.1 Å². The minimum absolute atomic E-state index is 0.0452. The standard InChI is InChI=1S/C19H19ClN2O5/c1-12(2)17(19(24)27-11-13-6-4-3-5-7-13)21-18(23)15-9-8-14(22(25)26)10-16(15)20/h3-10,12,17H,11H2,1-2H3,(H,21,23)/t17-/m0/s1. The monoisotopic (exact) mass is 390 g/mol. The van der Waals surface area contributed by atoms with Crippen molar-refractivity contribution in [1.29, 1.82) is 0 Å². The molecule has 0 aliphatic heterocycles. The first-order valence-electron chi connectivity index (χ1n) is 8.25. The van der Waals surface area contributed by atoms with E-state index in [1.165, 1.54) is 12.1 Å². The van der Waals surface area contributed by atoms with Gasteiger partial charge in [0.05, 0.1) is 15.5 Å². The van der Waals surface area contributed by atoms with Gasteiger partial charge in [0, 0.05) is 12.1 Å². The van der Waals surface area contributed by atoms with Gasteiger partial charge in [0.2, 0.25) is 0 Å². The van der Waals surface area contributed by atoms with E-state index in [4.69, 9.17) is 16.3 Å². The first-order chi connectivity index (χ1) is 12.8. The molecule has 1 N–H and O–H groups in total. The molecule has 1 amide bonds. The highest BCUT2D eigenvalue weighted by molar-refractivity contribution is 6.34. The van der Waals surface area contributed by atoms with E-state index in [-0.39, 0.29) is 28.8 Å². The number of nitro benzene ring substituents is 1. The van der Waals surface area contributed by atoms with Gasteiger partial charge in [-0.15, -0.1) is 0 Å². The van der Waals surface area contributed by atoms with Crippen LogP contribution in [0.4, 0.5) is 5.69 Å². The van der Waals surface area contributed by atoms with Gasteiger partial charge in [0.15, 0.2) is 0 Å². The number of halogens is 1. The zero-order chi connectivity index (χ0) is 20.0. The number of nitrogens with zero attached hydrogens (tertiary/aromatic N) is 1. The second kappa shape index (κ2) is 9.14. The molecule has 1 atom stereocenters. The number of nitrogens with one attached hydrogen (secondary N) is 1. The van der Waals surface area contributed by atoms with Crippen molar-refractivity contribution in [3.05, 3.63) is 74.8 Å². The number of carbonyl (C=O) groups excluding carboxylic acids is 2. The van der Waals surface area contributed by atoms with Crippen LogP contribution in [0.15, 0.2) is 48.5 Å². The highest BCUT2D eigenvalue weighted by Crippen LogP contribution is 2.22. The van der Waals surface area contributed by atoms with Crippen molar-refractivity contribution >= 4 is 29.2 Å². The van der Waals surface area contributed by atoms with Crippen LogP contribution in [0.2, 0.25) is 5.02 Å². The van der Waals surface area contributed by atoms with Gasteiger partial charge in [-0.25, -0.2) is 4.79 Å². The van der Waals surface area contributed by atoms with Gasteiger partial charge in [-0.1, -0.05) is 55.8 Å². The first kappa shape index (κ1) is 20.4. The fourth-order valence-corrected chi connectivity index (χ4v) is 2.60. The average Bonchev–Trinajstić information content (AvgIpc) is 2.64. The maximum atomic E-state index is 12.5. The number of esters is 1. The Morgan fingerprint density at radius 3 is 2.41 bits per heavy atom. The SMILES string of the molecule is CC(C)[C@H](NC(=O)c1ccc([N+](=O)[O-])cc1Cl)C(=O)OCc1ccccc1. The Morgan fingerprint density at radius 2 is 1.85 bits per heavy atom. The summed E-state index contributed by atoms with van der Waals surface area (Å²) >= 11 is 5.97. The third kappa shape index (κ3) is 5.52. The summed E-state index contributed by atoms with van der Waals surface area (Å²) in [5, 5.41) is 13.3. The Hall–Kier alpha value is -2.93. The van der Waals surface area contributed by atoms with E-state index in [0.29, 0.717) is 0 Å². The van der Waals surface area contributed by atoms with Crippen molar-refractivity contribution in [2.75, 3.05) is 0 Å². The highest BCUT2D eigenvalue weighted by atomic mass is 35.5. The van der Waals surface area contributed by atoms with Crippen LogP contribution in [-0.4, -0.2) is 22.8 Å². The normalized spacial score (nSPS) is 11.7. The Bertz CT molecular complexity index is 839. The molecular formula is C19H19ClN2O5.